The number of carbonyl (C=O) groups excluding carboxylic acids is 1. The van der Waals surface area contributed by atoms with Crippen molar-refractivity contribution < 1.29 is 9.53 Å². The molecule has 66 valence electrons. The quantitative estimate of drug-likeness (QED) is 0.551. The normalized spacial score (nSPS) is 27.0. The zero-order valence-electron chi connectivity index (χ0n) is 7.64. The van der Waals surface area contributed by atoms with Gasteiger partial charge in [0.2, 0.25) is 0 Å². The largest absolute Gasteiger partial charge is 0.491 e. The molecule has 0 fully saturated rings. The van der Waals surface area contributed by atoms with E-state index >= 15 is 0 Å². The Kier molecular flexibility index (Phi) is 1.53. The minimum absolute atomic E-state index is 0.264. The van der Waals surface area contributed by atoms with Crippen LogP contribution < -0.4 is 0 Å². The second-order valence-corrected chi connectivity index (χ2v) is 4.22. The van der Waals surface area contributed by atoms with E-state index < -0.39 is 0 Å². The Labute approximate surface area is 72.6 Å². The molecule has 2 aliphatic rings. The third kappa shape index (κ3) is 1.15. The van der Waals surface area contributed by atoms with E-state index in [1.807, 2.05) is 13.8 Å². The monoisotopic (exact) mass is 166 g/mol. The Morgan fingerprint density at radius 1 is 1.33 bits per heavy atom. The van der Waals surface area contributed by atoms with Crippen LogP contribution in [0, 0.1) is 0 Å². The van der Waals surface area contributed by atoms with Crippen LogP contribution in [0.1, 0.15) is 39.5 Å². The number of hydrogen-bond acceptors (Lipinski definition) is 2. The maximum Gasteiger partial charge on any atom is 0.166 e. The van der Waals surface area contributed by atoms with Crippen LogP contribution in [0.25, 0.3) is 0 Å². The zero-order chi connectivity index (χ0) is 8.77. The summed E-state index contributed by atoms with van der Waals surface area (Å²) in [6.45, 7) is 3.96. The first-order valence-electron chi connectivity index (χ1n) is 4.53. The maximum atomic E-state index is 11.6. The molecule has 0 saturated heterocycles. The summed E-state index contributed by atoms with van der Waals surface area (Å²) in [6.07, 6.45) is 3.53. The van der Waals surface area contributed by atoms with Crippen LogP contribution >= 0.6 is 0 Å². The molecule has 0 saturated carbocycles. The molecule has 0 aromatic heterocycles. The number of allylic oxidation sites excluding steroid dienone is 2. The molecule has 0 aromatic rings. The molecule has 0 aromatic carbocycles. The molecular weight excluding hydrogens is 152 g/mol. The highest BCUT2D eigenvalue weighted by molar-refractivity contribution is 5.97. The summed E-state index contributed by atoms with van der Waals surface area (Å²) in [5.41, 5.74) is 0.703. The summed E-state index contributed by atoms with van der Waals surface area (Å²) in [5, 5.41) is 0. The predicted octanol–water partition coefficient (Wildman–Crippen LogP) is 2.19. The number of Topliss-reactive ketones (excluding diaryl/α,β-unsaturated/α-hetero) is 1. The van der Waals surface area contributed by atoms with Gasteiger partial charge in [0.15, 0.2) is 5.78 Å². The van der Waals surface area contributed by atoms with Crippen LogP contribution in [0.2, 0.25) is 0 Å². The second-order valence-electron chi connectivity index (χ2n) is 4.22. The van der Waals surface area contributed by atoms with Crippen LogP contribution in [0.4, 0.5) is 0 Å². The molecule has 2 rings (SSSR count). The molecule has 0 radical (unpaired) electrons. The van der Waals surface area contributed by atoms with E-state index in [1.165, 1.54) is 0 Å². The standard InChI is InChI=1S/C10H14O2/c1-10(2)6-8(11)7-4-3-5-9(7)12-10/h3-6H2,1-2H3. The predicted molar refractivity (Wildman–Crippen MR) is 45.7 cm³/mol. The molecular formula is C10H14O2. The SMILES string of the molecule is CC1(C)CC(=O)C2=C(CCC2)O1. The molecule has 2 heteroatoms. The van der Waals surface area contributed by atoms with Crippen molar-refractivity contribution in [2.45, 2.75) is 45.1 Å². The highest BCUT2D eigenvalue weighted by Crippen LogP contribution is 2.37. The fourth-order valence-corrected chi connectivity index (χ4v) is 1.99. The van der Waals surface area contributed by atoms with Crippen molar-refractivity contribution in [1.29, 1.82) is 0 Å². The van der Waals surface area contributed by atoms with Gasteiger partial charge in [-0.25, -0.2) is 0 Å². The van der Waals surface area contributed by atoms with Gasteiger partial charge in [0.25, 0.3) is 0 Å². The average Bonchev–Trinajstić information content (AvgIpc) is 2.31. The molecule has 1 aliphatic carbocycles. The van der Waals surface area contributed by atoms with E-state index in [4.69, 9.17) is 4.74 Å². The minimum Gasteiger partial charge on any atom is -0.491 e. The Hall–Kier alpha value is -0.790. The maximum absolute atomic E-state index is 11.6. The first-order valence-corrected chi connectivity index (χ1v) is 4.53. The fraction of sp³-hybridized carbons (Fsp3) is 0.700. The average molecular weight is 166 g/mol. The van der Waals surface area contributed by atoms with E-state index in [0.29, 0.717) is 12.2 Å². The minimum atomic E-state index is -0.264. The van der Waals surface area contributed by atoms with Gasteiger partial charge < -0.3 is 4.74 Å². The van der Waals surface area contributed by atoms with E-state index in [2.05, 4.69) is 0 Å². The fourth-order valence-electron chi connectivity index (χ4n) is 1.99. The van der Waals surface area contributed by atoms with Crippen molar-refractivity contribution >= 4 is 5.78 Å². The molecule has 2 nitrogen and oxygen atoms in total. The zero-order valence-corrected chi connectivity index (χ0v) is 7.64. The highest BCUT2D eigenvalue weighted by Gasteiger charge is 2.35. The smallest absolute Gasteiger partial charge is 0.166 e. The van der Waals surface area contributed by atoms with Gasteiger partial charge in [-0.05, 0) is 26.7 Å². The lowest BCUT2D eigenvalue weighted by Crippen LogP contribution is -2.32. The van der Waals surface area contributed by atoms with Gasteiger partial charge in [0.1, 0.15) is 11.4 Å². The second kappa shape index (κ2) is 2.35. The molecule has 1 heterocycles. The van der Waals surface area contributed by atoms with Gasteiger partial charge in [0, 0.05) is 12.0 Å². The van der Waals surface area contributed by atoms with Crippen molar-refractivity contribution in [3.63, 3.8) is 0 Å². The van der Waals surface area contributed by atoms with E-state index in [9.17, 15) is 4.79 Å². The lowest BCUT2D eigenvalue weighted by atomic mass is 9.94. The van der Waals surface area contributed by atoms with Gasteiger partial charge in [0.05, 0.1) is 6.42 Å². The lowest BCUT2D eigenvalue weighted by molar-refractivity contribution is -0.123. The van der Waals surface area contributed by atoms with Crippen LogP contribution in [-0.4, -0.2) is 11.4 Å². The Morgan fingerprint density at radius 3 is 2.83 bits per heavy atom. The number of carbonyl (C=O) groups is 1. The van der Waals surface area contributed by atoms with Crippen molar-refractivity contribution in [2.75, 3.05) is 0 Å². The summed E-state index contributed by atoms with van der Waals surface area (Å²) >= 11 is 0. The van der Waals surface area contributed by atoms with Gasteiger partial charge >= 0.3 is 0 Å². The molecule has 0 N–H and O–H groups in total. The van der Waals surface area contributed by atoms with E-state index in [-0.39, 0.29) is 5.60 Å². The van der Waals surface area contributed by atoms with Gasteiger partial charge in [-0.1, -0.05) is 0 Å². The van der Waals surface area contributed by atoms with Crippen LogP contribution in [0.3, 0.4) is 0 Å². The number of ketones is 1. The molecule has 0 bridgehead atoms. The molecule has 12 heavy (non-hydrogen) atoms. The molecule has 0 unspecified atom stereocenters. The van der Waals surface area contributed by atoms with Crippen molar-refractivity contribution in [3.05, 3.63) is 11.3 Å². The molecule has 0 amide bonds. The first-order chi connectivity index (χ1) is 5.58. The summed E-state index contributed by atoms with van der Waals surface area (Å²) in [4.78, 5) is 11.6. The van der Waals surface area contributed by atoms with Crippen LogP contribution in [-0.2, 0) is 9.53 Å². The number of hydrogen-bond donors (Lipinski definition) is 0. The number of rotatable bonds is 0. The van der Waals surface area contributed by atoms with Crippen molar-refractivity contribution in [3.8, 4) is 0 Å². The molecule has 0 atom stereocenters. The summed E-state index contributed by atoms with van der Waals surface area (Å²) in [5.74, 6) is 1.27. The summed E-state index contributed by atoms with van der Waals surface area (Å²) in [7, 11) is 0. The number of ether oxygens (including phenoxy) is 1. The molecule has 1 aliphatic heterocycles. The Bertz CT molecular complexity index is 261. The van der Waals surface area contributed by atoms with Gasteiger partial charge in [-0.3, -0.25) is 4.79 Å². The third-order valence-corrected chi connectivity index (χ3v) is 2.49. The van der Waals surface area contributed by atoms with Gasteiger partial charge in [-0.15, -0.1) is 0 Å². The highest BCUT2D eigenvalue weighted by atomic mass is 16.5. The molecule has 0 spiro atoms. The van der Waals surface area contributed by atoms with Crippen LogP contribution in [0.15, 0.2) is 11.3 Å². The van der Waals surface area contributed by atoms with E-state index in [1.54, 1.807) is 0 Å². The topological polar surface area (TPSA) is 26.3 Å². The summed E-state index contributed by atoms with van der Waals surface area (Å²) in [6, 6.07) is 0. The lowest BCUT2D eigenvalue weighted by Gasteiger charge is -2.31. The van der Waals surface area contributed by atoms with Crippen molar-refractivity contribution in [1.82, 2.24) is 0 Å². The Morgan fingerprint density at radius 2 is 2.08 bits per heavy atom. The van der Waals surface area contributed by atoms with Gasteiger partial charge in [-0.2, -0.15) is 0 Å². The first kappa shape index (κ1) is 7.84. The van der Waals surface area contributed by atoms with Crippen LogP contribution in [0.5, 0.6) is 0 Å². The Balaban J connectivity index is 2.31. The summed E-state index contributed by atoms with van der Waals surface area (Å²) < 4.78 is 5.73. The van der Waals surface area contributed by atoms with E-state index in [0.717, 1.165) is 30.6 Å². The van der Waals surface area contributed by atoms with Crippen molar-refractivity contribution in [2.24, 2.45) is 0 Å². The third-order valence-electron chi connectivity index (χ3n) is 2.49.